The van der Waals surface area contributed by atoms with Crippen molar-refractivity contribution >= 4 is 23.3 Å². The molecule has 2 amide bonds. The Morgan fingerprint density at radius 1 is 1.14 bits per heavy atom. The summed E-state index contributed by atoms with van der Waals surface area (Å²) >= 11 is 0. The Bertz CT molecular complexity index is 526. The largest absolute Gasteiger partial charge is 0.354 e. The van der Waals surface area contributed by atoms with Gasteiger partial charge in [0.15, 0.2) is 6.29 Å². The monoisotopic (exact) mass is 294 g/mol. The molecule has 0 spiro atoms. The Labute approximate surface area is 122 Å². The maximum atomic E-state index is 12.1. The van der Waals surface area contributed by atoms with Gasteiger partial charge in [-0.15, -0.1) is 0 Å². The van der Waals surface area contributed by atoms with Crippen LogP contribution in [0.25, 0.3) is 0 Å². The summed E-state index contributed by atoms with van der Waals surface area (Å²) in [6.07, 6.45) is -0.632. The molecule has 114 valence electrons. The molecular formula is C14H18N2O5. The topological polar surface area (TPSA) is 93.7 Å². The van der Waals surface area contributed by atoms with Gasteiger partial charge in [0.25, 0.3) is 11.7 Å². The molecule has 0 bridgehead atoms. The lowest BCUT2D eigenvalue weighted by atomic mass is 10.1. The molecule has 21 heavy (non-hydrogen) atoms. The van der Waals surface area contributed by atoms with Crippen molar-refractivity contribution in [3.8, 4) is 0 Å². The highest BCUT2D eigenvalue weighted by molar-refractivity contribution is 6.44. The summed E-state index contributed by atoms with van der Waals surface area (Å²) in [6, 6.07) is 6.29. The van der Waals surface area contributed by atoms with Gasteiger partial charge in [0, 0.05) is 21.1 Å². The molecule has 0 saturated carbocycles. The summed E-state index contributed by atoms with van der Waals surface area (Å²) < 4.78 is 9.81. The smallest absolute Gasteiger partial charge is 0.292 e. The van der Waals surface area contributed by atoms with Gasteiger partial charge in [0.1, 0.15) is 0 Å². The van der Waals surface area contributed by atoms with Gasteiger partial charge in [-0.2, -0.15) is 0 Å². The van der Waals surface area contributed by atoms with Crippen molar-refractivity contribution in [3.63, 3.8) is 0 Å². The number of para-hydroxylation sites is 1. The zero-order valence-corrected chi connectivity index (χ0v) is 12.1. The molecule has 7 nitrogen and oxygen atoms in total. The second-order valence-corrected chi connectivity index (χ2v) is 4.17. The average molecular weight is 294 g/mol. The molecule has 7 heteroatoms. The van der Waals surface area contributed by atoms with Crippen LogP contribution in [0.15, 0.2) is 24.3 Å². The molecule has 0 aliphatic carbocycles. The summed E-state index contributed by atoms with van der Waals surface area (Å²) in [6.45, 7) is 1.36. The van der Waals surface area contributed by atoms with E-state index in [1.165, 1.54) is 27.2 Å². The zero-order valence-electron chi connectivity index (χ0n) is 12.1. The first-order valence-corrected chi connectivity index (χ1v) is 6.24. The van der Waals surface area contributed by atoms with Gasteiger partial charge in [0.2, 0.25) is 5.91 Å². The van der Waals surface area contributed by atoms with Gasteiger partial charge in [0.05, 0.1) is 17.8 Å². The average Bonchev–Trinajstić information content (AvgIpc) is 2.47. The van der Waals surface area contributed by atoms with Crippen molar-refractivity contribution in [1.29, 1.82) is 0 Å². The molecule has 1 rings (SSSR count). The number of ketones is 1. The van der Waals surface area contributed by atoms with Crippen molar-refractivity contribution in [2.45, 2.75) is 13.2 Å². The van der Waals surface area contributed by atoms with E-state index in [2.05, 4.69) is 10.6 Å². The fraction of sp³-hybridized carbons (Fsp3) is 0.357. The van der Waals surface area contributed by atoms with Gasteiger partial charge < -0.3 is 20.1 Å². The van der Waals surface area contributed by atoms with Gasteiger partial charge in [-0.1, -0.05) is 12.1 Å². The summed E-state index contributed by atoms with van der Waals surface area (Å²) in [5, 5.41) is 4.92. The van der Waals surface area contributed by atoms with E-state index in [0.29, 0.717) is 5.69 Å². The minimum Gasteiger partial charge on any atom is -0.354 e. The van der Waals surface area contributed by atoms with E-state index in [-0.39, 0.29) is 18.0 Å². The van der Waals surface area contributed by atoms with Gasteiger partial charge in [-0.25, -0.2) is 0 Å². The molecule has 1 aromatic rings. The van der Waals surface area contributed by atoms with Crippen LogP contribution in [0.5, 0.6) is 0 Å². The summed E-state index contributed by atoms with van der Waals surface area (Å²) in [5.74, 6) is -1.87. The van der Waals surface area contributed by atoms with E-state index < -0.39 is 18.0 Å². The fourth-order valence-electron chi connectivity index (χ4n) is 1.62. The van der Waals surface area contributed by atoms with E-state index in [9.17, 15) is 14.4 Å². The van der Waals surface area contributed by atoms with Gasteiger partial charge in [-0.3, -0.25) is 14.4 Å². The van der Waals surface area contributed by atoms with E-state index in [1.807, 2.05) is 0 Å². The number of hydrogen-bond acceptors (Lipinski definition) is 5. The van der Waals surface area contributed by atoms with Crippen LogP contribution in [-0.4, -0.2) is 44.7 Å². The van der Waals surface area contributed by atoms with Crippen LogP contribution in [0, 0.1) is 0 Å². The van der Waals surface area contributed by atoms with Crippen molar-refractivity contribution < 1.29 is 23.9 Å². The number of ether oxygens (including phenoxy) is 2. The number of rotatable bonds is 7. The molecule has 0 heterocycles. The minimum absolute atomic E-state index is 0.0415. The Kier molecular flexibility index (Phi) is 6.51. The van der Waals surface area contributed by atoms with Crippen molar-refractivity contribution in [3.05, 3.63) is 29.8 Å². The van der Waals surface area contributed by atoms with Crippen LogP contribution in [-0.2, 0) is 19.1 Å². The van der Waals surface area contributed by atoms with Crippen LogP contribution in [0.1, 0.15) is 17.3 Å². The third-order valence-corrected chi connectivity index (χ3v) is 2.64. The molecule has 0 aliphatic heterocycles. The Balaban J connectivity index is 2.78. The normalized spacial score (nSPS) is 10.3. The van der Waals surface area contributed by atoms with Crippen LogP contribution in [0.2, 0.25) is 0 Å². The number of carbonyl (C=O) groups excluding carboxylic acids is 3. The fourth-order valence-corrected chi connectivity index (χ4v) is 1.62. The highest BCUT2D eigenvalue weighted by Crippen LogP contribution is 2.15. The van der Waals surface area contributed by atoms with Crippen LogP contribution < -0.4 is 10.6 Å². The molecule has 2 N–H and O–H groups in total. The van der Waals surface area contributed by atoms with Crippen LogP contribution in [0.4, 0.5) is 5.69 Å². The molecule has 0 radical (unpaired) electrons. The number of carbonyl (C=O) groups is 3. The van der Waals surface area contributed by atoms with E-state index >= 15 is 0 Å². The zero-order chi connectivity index (χ0) is 15.8. The lowest BCUT2D eigenvalue weighted by molar-refractivity contribution is -0.123. The predicted molar refractivity (Wildman–Crippen MR) is 75.9 cm³/mol. The molecule has 1 aromatic carbocycles. The lowest BCUT2D eigenvalue weighted by Crippen LogP contribution is -2.38. The third-order valence-electron chi connectivity index (χ3n) is 2.64. The summed E-state index contributed by atoms with van der Waals surface area (Å²) in [5.41, 5.74) is 0.414. The van der Waals surface area contributed by atoms with Crippen LogP contribution in [0.3, 0.4) is 0 Å². The second kappa shape index (κ2) is 8.13. The Morgan fingerprint density at radius 2 is 1.76 bits per heavy atom. The maximum Gasteiger partial charge on any atom is 0.292 e. The molecule has 0 aliphatic rings. The van der Waals surface area contributed by atoms with Crippen LogP contribution >= 0.6 is 0 Å². The highest BCUT2D eigenvalue weighted by Gasteiger charge is 2.20. The van der Waals surface area contributed by atoms with Crippen molar-refractivity contribution in [1.82, 2.24) is 5.32 Å². The highest BCUT2D eigenvalue weighted by atomic mass is 16.7. The first-order valence-electron chi connectivity index (χ1n) is 6.24. The lowest BCUT2D eigenvalue weighted by Gasteiger charge is -2.14. The van der Waals surface area contributed by atoms with Gasteiger partial charge >= 0.3 is 0 Å². The number of nitrogens with one attached hydrogen (secondary N) is 2. The van der Waals surface area contributed by atoms with E-state index in [1.54, 1.807) is 18.2 Å². The molecule has 0 saturated heterocycles. The number of amides is 2. The first kappa shape index (κ1) is 16.8. The predicted octanol–water partition coefficient (Wildman–Crippen LogP) is 0.563. The second-order valence-electron chi connectivity index (χ2n) is 4.17. The number of benzene rings is 1. The quantitative estimate of drug-likeness (QED) is 0.435. The minimum atomic E-state index is -0.799. The number of methoxy groups -OCH3 is 2. The third kappa shape index (κ3) is 4.97. The number of hydrogen-bond donors (Lipinski definition) is 2. The number of Topliss-reactive ketones (excluding diaryl/α,β-unsaturated/α-hetero) is 1. The maximum absolute atomic E-state index is 12.1. The van der Waals surface area contributed by atoms with Gasteiger partial charge in [-0.05, 0) is 12.1 Å². The molecule has 0 aromatic heterocycles. The Morgan fingerprint density at radius 3 is 2.33 bits per heavy atom. The number of anilines is 1. The summed E-state index contributed by atoms with van der Waals surface area (Å²) in [4.78, 5) is 35.0. The van der Waals surface area contributed by atoms with E-state index in [0.717, 1.165) is 0 Å². The van der Waals surface area contributed by atoms with Crippen molar-refractivity contribution in [2.24, 2.45) is 0 Å². The molecule has 0 unspecified atom stereocenters. The SMILES string of the molecule is COC(CNC(=O)C(=O)c1ccccc1NC(C)=O)OC. The van der Waals surface area contributed by atoms with E-state index in [4.69, 9.17) is 9.47 Å². The molecule has 0 fully saturated rings. The van der Waals surface area contributed by atoms with Crippen molar-refractivity contribution in [2.75, 3.05) is 26.1 Å². The molecule has 0 atom stereocenters. The standard InChI is InChI=1S/C14H18N2O5/c1-9(17)16-11-7-5-4-6-10(11)13(18)14(19)15-8-12(20-2)21-3/h4-7,12H,8H2,1-3H3,(H,15,19)(H,16,17). The Hall–Kier alpha value is -2.25. The first-order chi connectivity index (χ1) is 9.99. The summed E-state index contributed by atoms with van der Waals surface area (Å²) in [7, 11) is 2.85. The molecular weight excluding hydrogens is 276 g/mol.